The van der Waals surface area contributed by atoms with Gasteiger partial charge in [0.1, 0.15) is 5.76 Å². The first-order valence-electron chi connectivity index (χ1n) is 11.2. The summed E-state index contributed by atoms with van der Waals surface area (Å²) >= 11 is 0. The van der Waals surface area contributed by atoms with Gasteiger partial charge < -0.3 is 19.2 Å². The number of allylic oxidation sites excluding steroid dienone is 2. The quantitative estimate of drug-likeness (QED) is 0.273. The van der Waals surface area contributed by atoms with Gasteiger partial charge >= 0.3 is 0 Å². The van der Waals surface area contributed by atoms with Gasteiger partial charge in [-0.1, -0.05) is 27.0 Å². The number of aromatic nitrogens is 2. The van der Waals surface area contributed by atoms with Crippen LogP contribution >= 0.6 is 0 Å². The van der Waals surface area contributed by atoms with Gasteiger partial charge in [-0.05, 0) is 52.8 Å². The average Bonchev–Trinajstić information content (AvgIpc) is 3.24. The third-order valence-corrected chi connectivity index (χ3v) is 5.93. The zero-order chi connectivity index (χ0) is 25.0. The highest BCUT2D eigenvalue weighted by Gasteiger charge is 2.28. The van der Waals surface area contributed by atoms with Crippen molar-refractivity contribution in [2.45, 2.75) is 59.4 Å². The molecule has 0 bridgehead atoms. The Morgan fingerprint density at radius 1 is 1.27 bits per heavy atom. The molecule has 1 atom stereocenters. The summed E-state index contributed by atoms with van der Waals surface area (Å²) in [5.41, 5.74) is 2.94. The molecule has 1 N–H and O–H groups in total. The molecule has 184 valence electrons. The Bertz CT molecular complexity index is 877. The van der Waals surface area contributed by atoms with Crippen molar-refractivity contribution >= 4 is 28.7 Å². The second kappa shape index (κ2) is 14.1. The van der Waals surface area contributed by atoms with Crippen LogP contribution in [-0.4, -0.2) is 51.2 Å². The zero-order valence-corrected chi connectivity index (χ0v) is 21.9. The summed E-state index contributed by atoms with van der Waals surface area (Å²) in [5.74, 6) is 0.666. The van der Waals surface area contributed by atoms with E-state index in [2.05, 4.69) is 28.1 Å². The Kier molecular flexibility index (Phi) is 12.3. The van der Waals surface area contributed by atoms with Crippen molar-refractivity contribution in [2.75, 3.05) is 25.6 Å². The van der Waals surface area contributed by atoms with E-state index in [0.29, 0.717) is 36.4 Å². The molecule has 1 aromatic heterocycles. The van der Waals surface area contributed by atoms with Crippen molar-refractivity contribution in [3.63, 3.8) is 0 Å². The fraction of sp³-hybridized carbons (Fsp3) is 0.520. The molecule has 1 unspecified atom stereocenters. The molecule has 0 radical (unpaired) electrons. The van der Waals surface area contributed by atoms with Gasteiger partial charge in [0, 0.05) is 23.4 Å². The molecule has 0 saturated carbocycles. The summed E-state index contributed by atoms with van der Waals surface area (Å²) in [5, 5.41) is 0.387. The predicted octanol–water partition coefficient (Wildman–Crippen LogP) is 5.51. The van der Waals surface area contributed by atoms with Crippen LogP contribution in [0.4, 0.5) is 0 Å². The van der Waals surface area contributed by atoms with Gasteiger partial charge in [0.15, 0.2) is 10.9 Å². The van der Waals surface area contributed by atoms with E-state index in [9.17, 15) is 4.21 Å². The molecule has 1 fully saturated rings. The summed E-state index contributed by atoms with van der Waals surface area (Å²) in [6, 6.07) is 0. The van der Waals surface area contributed by atoms with Gasteiger partial charge in [-0.15, -0.1) is 0 Å². The number of hydrogen-bond acceptors (Lipinski definition) is 6. The zero-order valence-electron chi connectivity index (χ0n) is 21.1. The van der Waals surface area contributed by atoms with Crippen molar-refractivity contribution in [2.24, 2.45) is 10.9 Å². The minimum Gasteiger partial charge on any atom is -0.493 e. The summed E-state index contributed by atoms with van der Waals surface area (Å²) in [6.07, 6.45) is 6.86. The number of nitrogens with zero attached hydrogens (tertiary/aromatic N) is 2. The summed E-state index contributed by atoms with van der Waals surface area (Å²) < 4.78 is 29.9. The molecular formula is C25H39N3O4S. The van der Waals surface area contributed by atoms with E-state index < -0.39 is 16.6 Å². The lowest BCUT2D eigenvalue weighted by Gasteiger charge is -2.34. The van der Waals surface area contributed by atoms with E-state index in [1.807, 2.05) is 54.5 Å². The molecule has 0 aromatic carbocycles. The van der Waals surface area contributed by atoms with Gasteiger partial charge in [-0.3, -0.25) is 9.20 Å². The minimum atomic E-state index is -1.34. The molecule has 1 aliphatic heterocycles. The standard InChI is InChI=1S/C23H33N3O4S.C2H6/c1-8-19-20(9-2)26-22(25-19)31(27)15-17(5)24-11-16(4)21(10-3)28-12-18-13-29-23(6,7)30-14-18;1-2/h8-11,18H,1-2,12-15H2,3-7H3,(H,25,26);1-2H3/b16-11-,21-10-,24-17?;. The maximum atomic E-state index is 12.6. The fourth-order valence-corrected chi connectivity index (χ4v) is 3.83. The Morgan fingerprint density at radius 2 is 1.91 bits per heavy atom. The first-order valence-corrected chi connectivity index (χ1v) is 12.5. The Balaban J connectivity index is 0.00000265. The van der Waals surface area contributed by atoms with Crippen LogP contribution in [-0.2, 0) is 25.0 Å². The topological polar surface area (TPSA) is 85.8 Å². The number of H-pyrrole nitrogens is 1. The third-order valence-electron chi connectivity index (χ3n) is 4.63. The summed E-state index contributed by atoms with van der Waals surface area (Å²) in [7, 11) is -1.34. The summed E-state index contributed by atoms with van der Waals surface area (Å²) in [4.78, 5) is 11.8. The minimum absolute atomic E-state index is 0.178. The van der Waals surface area contributed by atoms with Gasteiger partial charge in [0.05, 0.1) is 47.8 Å². The van der Waals surface area contributed by atoms with E-state index in [-0.39, 0.29) is 11.7 Å². The number of aliphatic imine (C=N–C) groups is 1. The smallest absolute Gasteiger partial charge is 0.197 e. The lowest BCUT2D eigenvalue weighted by molar-refractivity contribution is -0.265. The number of aromatic amines is 1. The molecule has 0 aliphatic carbocycles. The molecule has 2 rings (SSSR count). The monoisotopic (exact) mass is 477 g/mol. The van der Waals surface area contributed by atoms with E-state index in [1.54, 1.807) is 18.4 Å². The molecular weight excluding hydrogens is 438 g/mol. The summed E-state index contributed by atoms with van der Waals surface area (Å²) in [6.45, 7) is 22.6. The highest BCUT2D eigenvalue weighted by Crippen LogP contribution is 2.22. The van der Waals surface area contributed by atoms with Crippen molar-refractivity contribution in [1.29, 1.82) is 0 Å². The van der Waals surface area contributed by atoms with Crippen LogP contribution < -0.4 is 0 Å². The number of ether oxygens (including phenoxy) is 3. The van der Waals surface area contributed by atoms with E-state index in [1.165, 1.54) is 0 Å². The van der Waals surface area contributed by atoms with Gasteiger partial charge in [0.2, 0.25) is 0 Å². The van der Waals surface area contributed by atoms with E-state index in [0.717, 1.165) is 17.0 Å². The largest absolute Gasteiger partial charge is 0.493 e. The highest BCUT2D eigenvalue weighted by molar-refractivity contribution is 7.85. The molecule has 2 heterocycles. The fourth-order valence-electron chi connectivity index (χ4n) is 2.82. The van der Waals surface area contributed by atoms with Crippen molar-refractivity contribution < 1.29 is 18.4 Å². The average molecular weight is 478 g/mol. The normalized spacial score (nSPS) is 18.2. The van der Waals surface area contributed by atoms with Crippen LogP contribution in [0.25, 0.3) is 12.2 Å². The van der Waals surface area contributed by atoms with Crippen LogP contribution in [0.5, 0.6) is 0 Å². The van der Waals surface area contributed by atoms with Crippen molar-refractivity contribution in [3.05, 3.63) is 48.2 Å². The number of hydrogen-bond donors (Lipinski definition) is 1. The van der Waals surface area contributed by atoms with Crippen LogP contribution in [0.15, 0.2) is 46.9 Å². The van der Waals surface area contributed by atoms with Gasteiger partial charge in [-0.2, -0.15) is 0 Å². The first kappa shape index (κ1) is 28.7. The molecule has 33 heavy (non-hydrogen) atoms. The second-order valence-electron chi connectivity index (χ2n) is 7.77. The van der Waals surface area contributed by atoms with Gasteiger partial charge in [0.25, 0.3) is 0 Å². The Labute approximate surface area is 201 Å². The molecule has 1 saturated heterocycles. The lowest BCUT2D eigenvalue weighted by atomic mass is 10.1. The van der Waals surface area contributed by atoms with Crippen LogP contribution in [0.3, 0.4) is 0 Å². The first-order chi connectivity index (χ1) is 15.7. The van der Waals surface area contributed by atoms with Crippen molar-refractivity contribution in [3.8, 4) is 0 Å². The number of imidazole rings is 1. The molecule has 0 amide bonds. The predicted molar refractivity (Wildman–Crippen MR) is 137 cm³/mol. The molecule has 7 nitrogen and oxygen atoms in total. The molecule has 1 aliphatic rings. The maximum Gasteiger partial charge on any atom is 0.197 e. The molecule has 1 aromatic rings. The maximum absolute atomic E-state index is 12.6. The number of nitrogens with one attached hydrogen (secondary N) is 1. The molecule has 0 spiro atoms. The third kappa shape index (κ3) is 9.23. The molecule has 8 heteroatoms. The van der Waals surface area contributed by atoms with Crippen LogP contribution in [0, 0.1) is 5.92 Å². The SMILES string of the molecule is C=Cc1nc(S(=O)CC(C)=N/C=C(C)\C(=C\C)OCC2COC(C)(C)OC2)[nH]c1C=C.CC. The lowest BCUT2D eigenvalue weighted by Crippen LogP contribution is -2.40. The Morgan fingerprint density at radius 3 is 2.42 bits per heavy atom. The van der Waals surface area contributed by atoms with Crippen LogP contribution in [0.2, 0.25) is 0 Å². The Hall–Kier alpha value is -2.29. The number of rotatable bonds is 10. The van der Waals surface area contributed by atoms with E-state index in [4.69, 9.17) is 14.2 Å². The van der Waals surface area contributed by atoms with Gasteiger partial charge in [-0.25, -0.2) is 4.98 Å². The van der Waals surface area contributed by atoms with Crippen LogP contribution in [0.1, 0.15) is 59.9 Å². The van der Waals surface area contributed by atoms with E-state index >= 15 is 0 Å². The second-order valence-corrected chi connectivity index (χ2v) is 9.13. The highest BCUT2D eigenvalue weighted by atomic mass is 32.2. The van der Waals surface area contributed by atoms with Crippen molar-refractivity contribution in [1.82, 2.24) is 9.97 Å².